The average Bonchev–Trinajstić information content (AvgIpc) is 2.31. The van der Waals surface area contributed by atoms with Gasteiger partial charge in [-0.15, -0.1) is 0 Å². The monoisotopic (exact) mass is 208 g/mol. The van der Waals surface area contributed by atoms with Crippen molar-refractivity contribution in [3.8, 4) is 0 Å². The van der Waals surface area contributed by atoms with Gasteiger partial charge < -0.3 is 4.74 Å². The van der Waals surface area contributed by atoms with E-state index in [0.29, 0.717) is 0 Å². The highest BCUT2D eigenvalue weighted by molar-refractivity contribution is 5.16. The fourth-order valence-electron chi connectivity index (χ4n) is 0.472. The lowest BCUT2D eigenvalue weighted by Crippen LogP contribution is -1.78. The van der Waals surface area contributed by atoms with Crippen LogP contribution in [0.5, 0.6) is 0 Å². The van der Waals surface area contributed by atoms with E-state index in [1.54, 1.807) is 31.4 Å². The van der Waals surface area contributed by atoms with Gasteiger partial charge in [0.25, 0.3) is 0 Å². The zero-order valence-corrected chi connectivity index (χ0v) is 10.5. The summed E-state index contributed by atoms with van der Waals surface area (Å²) in [5.74, 6) is 0.826. The summed E-state index contributed by atoms with van der Waals surface area (Å²) in [4.78, 5) is 0. The first-order valence-electron chi connectivity index (χ1n) is 4.99. The molecule has 0 rings (SSSR count). The van der Waals surface area contributed by atoms with Crippen molar-refractivity contribution in [2.24, 2.45) is 0 Å². The van der Waals surface area contributed by atoms with Crippen LogP contribution in [0.4, 0.5) is 0 Å². The van der Waals surface area contributed by atoms with Gasteiger partial charge in [0.2, 0.25) is 0 Å². The van der Waals surface area contributed by atoms with E-state index in [1.165, 1.54) is 0 Å². The molecule has 0 aliphatic rings. The topological polar surface area (TPSA) is 9.23 Å². The molecule has 0 aromatic heterocycles. The summed E-state index contributed by atoms with van der Waals surface area (Å²) >= 11 is 0. The van der Waals surface area contributed by atoms with Crippen molar-refractivity contribution in [3.63, 3.8) is 0 Å². The van der Waals surface area contributed by atoms with Crippen LogP contribution >= 0.6 is 0 Å². The van der Waals surface area contributed by atoms with Crippen molar-refractivity contribution in [1.29, 1.82) is 0 Å². The highest BCUT2D eigenvalue weighted by Crippen LogP contribution is 1.96. The predicted octanol–water partition coefficient (Wildman–Crippen LogP) is 4.66. The number of hydrogen-bond acceptors (Lipinski definition) is 1. The molecule has 0 N–H and O–H groups in total. The molecule has 0 saturated carbocycles. The lowest BCUT2D eigenvalue weighted by Gasteiger charge is -1.95. The molecule has 0 aromatic carbocycles. The summed E-state index contributed by atoms with van der Waals surface area (Å²) < 4.78 is 4.93. The molecule has 0 unspecified atom stereocenters. The van der Waals surface area contributed by atoms with Gasteiger partial charge in [0.1, 0.15) is 5.76 Å². The smallest absolute Gasteiger partial charge is 0.118 e. The van der Waals surface area contributed by atoms with Crippen LogP contribution in [0.2, 0.25) is 0 Å². The number of allylic oxidation sites excluding steroid dienone is 6. The van der Waals surface area contributed by atoms with Crippen LogP contribution in [0.1, 0.15) is 20.8 Å². The second-order valence-electron chi connectivity index (χ2n) is 1.98. The first-order valence-corrected chi connectivity index (χ1v) is 4.99. The maximum absolute atomic E-state index is 4.93. The van der Waals surface area contributed by atoms with Gasteiger partial charge in [-0.1, -0.05) is 57.9 Å². The van der Waals surface area contributed by atoms with Gasteiger partial charge in [0, 0.05) is 0 Å². The SMILES string of the molecule is C=C/C=C(\C=C/C)OC.C=CC=C.CC. The molecule has 0 aliphatic heterocycles. The normalized spacial score (nSPS) is 8.93. The zero-order valence-electron chi connectivity index (χ0n) is 10.5. The van der Waals surface area contributed by atoms with E-state index < -0.39 is 0 Å². The third-order valence-electron chi connectivity index (χ3n) is 1.02. The van der Waals surface area contributed by atoms with E-state index in [0.717, 1.165) is 5.76 Å². The van der Waals surface area contributed by atoms with Gasteiger partial charge >= 0.3 is 0 Å². The van der Waals surface area contributed by atoms with Crippen molar-refractivity contribution in [2.45, 2.75) is 20.8 Å². The van der Waals surface area contributed by atoms with Crippen LogP contribution in [0, 0.1) is 0 Å². The van der Waals surface area contributed by atoms with Crippen molar-refractivity contribution < 1.29 is 4.74 Å². The summed E-state index contributed by atoms with van der Waals surface area (Å²) in [5, 5.41) is 0. The van der Waals surface area contributed by atoms with Crippen molar-refractivity contribution in [2.75, 3.05) is 7.11 Å². The second kappa shape index (κ2) is 22.9. The van der Waals surface area contributed by atoms with Crippen LogP contribution in [0.25, 0.3) is 0 Å². The van der Waals surface area contributed by atoms with Crippen molar-refractivity contribution >= 4 is 0 Å². The van der Waals surface area contributed by atoms with Crippen LogP contribution < -0.4 is 0 Å². The lowest BCUT2D eigenvalue weighted by molar-refractivity contribution is 0.307. The number of hydrogen-bond donors (Lipinski definition) is 0. The molecule has 0 bridgehead atoms. The minimum atomic E-state index is 0.826. The highest BCUT2D eigenvalue weighted by Gasteiger charge is 1.81. The number of ether oxygens (including phenoxy) is 1. The van der Waals surface area contributed by atoms with Crippen molar-refractivity contribution in [3.05, 3.63) is 62.0 Å². The molecule has 1 nitrogen and oxygen atoms in total. The molecule has 0 fully saturated rings. The van der Waals surface area contributed by atoms with E-state index in [1.807, 2.05) is 32.9 Å². The lowest BCUT2D eigenvalue weighted by atomic mass is 10.4. The highest BCUT2D eigenvalue weighted by atomic mass is 16.5. The molecular formula is C14H24O. The fraction of sp³-hybridized carbons (Fsp3) is 0.286. The Labute approximate surface area is 95.2 Å². The van der Waals surface area contributed by atoms with Crippen LogP contribution in [-0.2, 0) is 4.74 Å². The Bertz CT molecular complexity index is 191. The Hall–Kier alpha value is -1.50. The van der Waals surface area contributed by atoms with Gasteiger partial charge in [0.15, 0.2) is 0 Å². The van der Waals surface area contributed by atoms with Gasteiger partial charge in [-0.3, -0.25) is 0 Å². The molecule has 0 radical (unpaired) electrons. The van der Waals surface area contributed by atoms with E-state index >= 15 is 0 Å². The maximum Gasteiger partial charge on any atom is 0.118 e. The molecule has 15 heavy (non-hydrogen) atoms. The fourth-order valence-corrected chi connectivity index (χ4v) is 0.472. The Kier molecular flexibility index (Phi) is 29.2. The Morgan fingerprint density at radius 3 is 1.67 bits per heavy atom. The maximum atomic E-state index is 4.93. The van der Waals surface area contributed by atoms with E-state index in [4.69, 9.17) is 4.74 Å². The van der Waals surface area contributed by atoms with Crippen molar-refractivity contribution in [1.82, 2.24) is 0 Å². The molecular weight excluding hydrogens is 184 g/mol. The average molecular weight is 208 g/mol. The molecule has 1 heteroatoms. The third-order valence-corrected chi connectivity index (χ3v) is 1.02. The molecule has 0 saturated heterocycles. The van der Waals surface area contributed by atoms with E-state index in [-0.39, 0.29) is 0 Å². The molecule has 0 aromatic rings. The first-order chi connectivity index (χ1) is 7.26. The Morgan fingerprint density at radius 2 is 1.47 bits per heavy atom. The zero-order chi connectivity index (χ0) is 12.5. The number of rotatable bonds is 4. The standard InChI is InChI=1S/C8H12O.C4H6.C2H6/c1-4-6-8(9-3)7-5-2;1-3-4-2;1-2/h4-7H,1H2,2-3H3;3-4H,1-2H2;1-2H3/b7-5-,8-6+;;. The molecule has 0 aliphatic carbocycles. The molecule has 0 amide bonds. The summed E-state index contributed by atoms with van der Waals surface area (Å²) in [6.07, 6.45) is 10.6. The summed E-state index contributed by atoms with van der Waals surface area (Å²) in [6, 6.07) is 0. The quantitative estimate of drug-likeness (QED) is 0.482. The molecule has 0 atom stereocenters. The van der Waals surface area contributed by atoms with Crippen LogP contribution in [0.15, 0.2) is 62.0 Å². The number of methoxy groups -OCH3 is 1. The molecule has 86 valence electrons. The van der Waals surface area contributed by atoms with E-state index in [2.05, 4.69) is 19.7 Å². The summed E-state index contributed by atoms with van der Waals surface area (Å²) in [7, 11) is 1.63. The predicted molar refractivity (Wildman–Crippen MR) is 71.8 cm³/mol. The van der Waals surface area contributed by atoms with Gasteiger partial charge in [0.05, 0.1) is 7.11 Å². The van der Waals surface area contributed by atoms with E-state index in [9.17, 15) is 0 Å². The summed E-state index contributed by atoms with van der Waals surface area (Å²) in [5.41, 5.74) is 0. The second-order valence-corrected chi connectivity index (χ2v) is 1.98. The van der Waals surface area contributed by atoms with Crippen LogP contribution in [-0.4, -0.2) is 7.11 Å². The Morgan fingerprint density at radius 1 is 1.00 bits per heavy atom. The minimum Gasteiger partial charge on any atom is -0.497 e. The van der Waals surface area contributed by atoms with Gasteiger partial charge in [-0.05, 0) is 19.1 Å². The largest absolute Gasteiger partial charge is 0.497 e. The first kappa shape index (κ1) is 19.1. The van der Waals surface area contributed by atoms with Gasteiger partial charge in [-0.2, -0.15) is 0 Å². The Balaban J connectivity index is -0.000000202. The molecule has 0 heterocycles. The van der Waals surface area contributed by atoms with Crippen LogP contribution in [0.3, 0.4) is 0 Å². The van der Waals surface area contributed by atoms with Gasteiger partial charge in [-0.25, -0.2) is 0 Å². The third kappa shape index (κ3) is 24.5. The minimum absolute atomic E-state index is 0.826. The molecule has 0 spiro atoms. The summed E-state index contributed by atoms with van der Waals surface area (Å²) in [6.45, 7) is 16.2.